The van der Waals surface area contributed by atoms with Crippen LogP contribution in [0.3, 0.4) is 0 Å². The highest BCUT2D eigenvalue weighted by Crippen LogP contribution is 2.29. The van der Waals surface area contributed by atoms with Gasteiger partial charge in [0.2, 0.25) is 0 Å². The van der Waals surface area contributed by atoms with Crippen LogP contribution >= 0.6 is 12.6 Å². The van der Waals surface area contributed by atoms with E-state index in [0.29, 0.717) is 6.42 Å². The molecule has 0 unspecified atom stereocenters. The first-order valence-corrected chi connectivity index (χ1v) is 7.70. The first kappa shape index (κ1) is 19.6. The number of carbonyl (C=O) groups is 1. The number of alkyl carbamates (subject to hydrolysis) is 1. The van der Waals surface area contributed by atoms with E-state index >= 15 is 0 Å². The fourth-order valence-electron chi connectivity index (χ4n) is 3.00. The van der Waals surface area contributed by atoms with Crippen molar-refractivity contribution in [2.45, 2.75) is 91.0 Å². The molecule has 0 fully saturated rings. The Balaban J connectivity index is 4.56. The van der Waals surface area contributed by atoms with E-state index in [0.717, 1.165) is 6.42 Å². The summed E-state index contributed by atoms with van der Waals surface area (Å²) in [5.74, 6) is 0. The van der Waals surface area contributed by atoms with E-state index in [9.17, 15) is 4.79 Å². The molecule has 0 saturated heterocycles. The minimum absolute atomic E-state index is 0.152. The van der Waals surface area contributed by atoms with E-state index in [1.54, 1.807) is 0 Å². The molecule has 4 heteroatoms. The summed E-state index contributed by atoms with van der Waals surface area (Å²) in [6, 6.07) is 0. The van der Waals surface area contributed by atoms with E-state index in [4.69, 9.17) is 4.74 Å². The van der Waals surface area contributed by atoms with Gasteiger partial charge in [-0.1, -0.05) is 34.6 Å². The Labute approximate surface area is 130 Å². The summed E-state index contributed by atoms with van der Waals surface area (Å²) in [4.78, 5) is 12.1. The van der Waals surface area contributed by atoms with Crippen LogP contribution in [0, 0.1) is 5.41 Å². The van der Waals surface area contributed by atoms with Crippen LogP contribution in [-0.4, -0.2) is 22.0 Å². The van der Waals surface area contributed by atoms with Crippen LogP contribution in [0.2, 0.25) is 0 Å². The monoisotopic (exact) mass is 303 g/mol. The second-order valence-corrected chi connectivity index (χ2v) is 10.1. The highest BCUT2D eigenvalue weighted by Gasteiger charge is 2.32. The van der Waals surface area contributed by atoms with Gasteiger partial charge < -0.3 is 10.1 Å². The normalized spacial score (nSPS) is 14.1. The van der Waals surface area contributed by atoms with Crippen molar-refractivity contribution >= 4 is 18.7 Å². The molecule has 0 aromatic carbocycles. The lowest BCUT2D eigenvalue weighted by molar-refractivity contribution is 0.0218. The number of hydrogen-bond donors (Lipinski definition) is 2. The van der Waals surface area contributed by atoms with Crippen molar-refractivity contribution in [2.24, 2.45) is 5.41 Å². The van der Waals surface area contributed by atoms with Gasteiger partial charge in [0.25, 0.3) is 0 Å². The first-order chi connectivity index (χ1) is 8.52. The third-order valence-corrected chi connectivity index (χ3v) is 2.80. The topological polar surface area (TPSA) is 38.3 Å². The largest absolute Gasteiger partial charge is 0.443 e. The Kier molecular flexibility index (Phi) is 6.05. The van der Waals surface area contributed by atoms with Crippen molar-refractivity contribution in [3.63, 3.8) is 0 Å². The molecule has 1 N–H and O–H groups in total. The molecule has 3 nitrogen and oxygen atoms in total. The van der Waals surface area contributed by atoms with Gasteiger partial charge >= 0.3 is 6.09 Å². The SMILES string of the molecule is CC(C)(C)CC(C)(C)NC(=O)OC(C)(C)CC(C)(C)S. The quantitative estimate of drug-likeness (QED) is 0.716. The summed E-state index contributed by atoms with van der Waals surface area (Å²) >= 11 is 4.50. The zero-order chi connectivity index (χ0) is 16.4. The van der Waals surface area contributed by atoms with Crippen LogP contribution in [-0.2, 0) is 4.74 Å². The summed E-state index contributed by atoms with van der Waals surface area (Å²) in [6.07, 6.45) is 1.21. The molecule has 20 heavy (non-hydrogen) atoms. The van der Waals surface area contributed by atoms with Crippen LogP contribution < -0.4 is 5.32 Å². The Hall–Kier alpha value is -0.380. The predicted octanol–water partition coefficient (Wildman–Crippen LogP) is 4.80. The predicted molar refractivity (Wildman–Crippen MR) is 89.5 cm³/mol. The number of carbonyl (C=O) groups excluding carboxylic acids is 1. The zero-order valence-electron chi connectivity index (χ0n) is 14.7. The highest BCUT2D eigenvalue weighted by atomic mass is 32.1. The van der Waals surface area contributed by atoms with Crippen molar-refractivity contribution in [3.8, 4) is 0 Å². The number of thiol groups is 1. The second-order valence-electron chi connectivity index (χ2n) is 8.88. The smallest absolute Gasteiger partial charge is 0.408 e. The van der Waals surface area contributed by atoms with Gasteiger partial charge in [0.05, 0.1) is 0 Å². The highest BCUT2D eigenvalue weighted by molar-refractivity contribution is 7.81. The van der Waals surface area contributed by atoms with Crippen molar-refractivity contribution in [2.75, 3.05) is 0 Å². The van der Waals surface area contributed by atoms with Gasteiger partial charge in [-0.3, -0.25) is 0 Å². The lowest BCUT2D eigenvalue weighted by Crippen LogP contribution is -2.48. The third kappa shape index (κ3) is 10.4. The number of amides is 1. The van der Waals surface area contributed by atoms with Gasteiger partial charge in [-0.25, -0.2) is 4.79 Å². The minimum atomic E-state index is -0.535. The third-order valence-electron chi connectivity index (χ3n) is 2.64. The minimum Gasteiger partial charge on any atom is -0.443 e. The molecule has 0 bridgehead atoms. The molecular formula is C16H33NO2S. The second kappa shape index (κ2) is 6.17. The van der Waals surface area contributed by atoms with Gasteiger partial charge in [-0.05, 0) is 39.5 Å². The molecule has 120 valence electrons. The maximum Gasteiger partial charge on any atom is 0.408 e. The Morgan fingerprint density at radius 3 is 1.75 bits per heavy atom. The van der Waals surface area contributed by atoms with Crippen molar-refractivity contribution < 1.29 is 9.53 Å². The lowest BCUT2D eigenvalue weighted by atomic mass is 9.82. The maximum absolute atomic E-state index is 12.1. The summed E-state index contributed by atoms with van der Waals surface area (Å²) in [6.45, 7) is 18.4. The molecule has 0 radical (unpaired) electrons. The zero-order valence-corrected chi connectivity index (χ0v) is 15.6. The van der Waals surface area contributed by atoms with Crippen LogP contribution in [0.25, 0.3) is 0 Å². The number of nitrogens with one attached hydrogen (secondary N) is 1. The van der Waals surface area contributed by atoms with Gasteiger partial charge in [0.1, 0.15) is 5.60 Å². The average Bonchev–Trinajstić information content (AvgIpc) is 1.86. The fraction of sp³-hybridized carbons (Fsp3) is 0.938. The molecule has 1 amide bonds. The number of ether oxygens (including phenoxy) is 1. The van der Waals surface area contributed by atoms with Crippen LogP contribution in [0.15, 0.2) is 0 Å². The fourth-order valence-corrected chi connectivity index (χ4v) is 3.38. The van der Waals surface area contributed by atoms with E-state index in [1.165, 1.54) is 0 Å². The van der Waals surface area contributed by atoms with E-state index in [-0.39, 0.29) is 21.8 Å². The Bertz CT molecular complexity index is 303. The molecule has 0 rings (SSSR count). The van der Waals surface area contributed by atoms with E-state index in [2.05, 4.69) is 38.7 Å². The Morgan fingerprint density at radius 1 is 0.950 bits per heavy atom. The number of rotatable bonds is 5. The van der Waals surface area contributed by atoms with Crippen LogP contribution in [0.4, 0.5) is 4.79 Å². The lowest BCUT2D eigenvalue weighted by Gasteiger charge is -2.36. The maximum atomic E-state index is 12.1. The van der Waals surface area contributed by atoms with Gasteiger partial charge in [-0.2, -0.15) is 12.6 Å². The molecule has 0 aliphatic carbocycles. The van der Waals surface area contributed by atoms with Crippen LogP contribution in [0.1, 0.15) is 75.2 Å². The molecule has 0 saturated carbocycles. The summed E-state index contributed by atoms with van der Waals surface area (Å²) in [5, 5.41) is 2.97. The molecule has 0 aliphatic rings. The number of hydrogen-bond acceptors (Lipinski definition) is 3. The van der Waals surface area contributed by atoms with Crippen molar-refractivity contribution in [3.05, 3.63) is 0 Å². The van der Waals surface area contributed by atoms with E-state index in [1.807, 2.05) is 41.5 Å². The van der Waals surface area contributed by atoms with E-state index < -0.39 is 5.60 Å². The molecular weight excluding hydrogens is 270 g/mol. The standard InChI is InChI=1S/C16H33NO2S/c1-13(2,3)10-14(4,5)17-12(18)19-15(6,7)11-16(8,9)20/h20H,10-11H2,1-9H3,(H,17,18). The summed E-state index contributed by atoms with van der Waals surface area (Å²) in [7, 11) is 0. The average molecular weight is 304 g/mol. The summed E-state index contributed by atoms with van der Waals surface area (Å²) in [5.41, 5.74) is -0.672. The Morgan fingerprint density at radius 2 is 1.40 bits per heavy atom. The van der Waals surface area contributed by atoms with Gasteiger partial charge in [0, 0.05) is 16.7 Å². The molecule has 0 spiro atoms. The first-order valence-electron chi connectivity index (χ1n) is 7.25. The van der Waals surface area contributed by atoms with Gasteiger partial charge in [-0.15, -0.1) is 0 Å². The molecule has 0 aromatic rings. The molecule has 0 aliphatic heterocycles. The summed E-state index contributed by atoms with van der Waals surface area (Å²) < 4.78 is 5.39. The van der Waals surface area contributed by atoms with Gasteiger partial charge in [0.15, 0.2) is 0 Å². The van der Waals surface area contributed by atoms with Crippen molar-refractivity contribution in [1.82, 2.24) is 5.32 Å². The van der Waals surface area contributed by atoms with Crippen molar-refractivity contribution in [1.29, 1.82) is 0 Å². The molecule has 0 atom stereocenters. The van der Waals surface area contributed by atoms with Crippen LogP contribution in [0.5, 0.6) is 0 Å². The molecule has 0 heterocycles. The molecule has 0 aromatic heterocycles.